The van der Waals surface area contributed by atoms with Crippen molar-refractivity contribution in [1.82, 2.24) is 0 Å². The predicted molar refractivity (Wildman–Crippen MR) is 45.6 cm³/mol. The van der Waals surface area contributed by atoms with Crippen LogP contribution in [0.3, 0.4) is 0 Å². The van der Waals surface area contributed by atoms with Gasteiger partial charge in [-0.2, -0.15) is 0 Å². The van der Waals surface area contributed by atoms with Gasteiger partial charge in [-0.1, -0.05) is 54.0 Å². The van der Waals surface area contributed by atoms with E-state index in [0.29, 0.717) is 6.61 Å². The maximum absolute atomic E-state index is 5.39. The second kappa shape index (κ2) is 4.12. The van der Waals surface area contributed by atoms with Gasteiger partial charge >= 0.3 is 0 Å². The molecule has 0 rings (SSSR count). The van der Waals surface area contributed by atoms with Crippen LogP contribution in [0, 0.1) is 0 Å². The van der Waals surface area contributed by atoms with Crippen molar-refractivity contribution in [2.45, 2.75) is 3.79 Å². The normalized spacial score (nSPS) is 10.7. The van der Waals surface area contributed by atoms with E-state index in [-0.39, 0.29) is 5.76 Å². The Hall–Kier alpha value is 0.150. The minimum absolute atomic E-state index is 0.109. The van der Waals surface area contributed by atoms with Gasteiger partial charge in [-0.15, -0.1) is 0 Å². The largest absolute Gasteiger partial charge is 0.490 e. The molecule has 0 aromatic heterocycles. The molecule has 0 aliphatic rings. The van der Waals surface area contributed by atoms with Crippen molar-refractivity contribution >= 4 is 34.8 Å². The first-order chi connectivity index (χ1) is 4.48. The molecule has 0 aliphatic heterocycles. The Labute approximate surface area is 75.2 Å². The molecule has 0 radical (unpaired) electrons. The molecule has 0 aromatic carbocycles. The molecule has 0 unspecified atom stereocenters. The number of hydrogen-bond acceptors (Lipinski definition) is 1. The summed E-state index contributed by atoms with van der Waals surface area (Å²) in [7, 11) is 0. The van der Waals surface area contributed by atoms with Crippen LogP contribution < -0.4 is 0 Å². The summed E-state index contributed by atoms with van der Waals surface area (Å²) in [4.78, 5) is 0. The SMILES string of the molecule is C=CCOC(=C)C(Cl)(Cl)Cl. The number of hydrogen-bond donors (Lipinski definition) is 0. The standard InChI is InChI=1S/C6H7Cl3O/c1-3-4-10-5(2)6(7,8)9/h3H,1-2,4H2. The van der Waals surface area contributed by atoms with Crippen molar-refractivity contribution in [2.24, 2.45) is 0 Å². The van der Waals surface area contributed by atoms with Gasteiger partial charge in [-0.3, -0.25) is 0 Å². The first-order valence-corrected chi connectivity index (χ1v) is 3.61. The number of rotatable bonds is 3. The van der Waals surface area contributed by atoms with Crippen LogP contribution in [-0.4, -0.2) is 10.4 Å². The first kappa shape index (κ1) is 10.2. The molecule has 0 aromatic rings. The lowest BCUT2D eigenvalue weighted by molar-refractivity contribution is 0.245. The van der Waals surface area contributed by atoms with Crippen molar-refractivity contribution < 1.29 is 4.74 Å². The van der Waals surface area contributed by atoms with Gasteiger partial charge in [0.05, 0.1) is 0 Å². The molecule has 58 valence electrons. The van der Waals surface area contributed by atoms with Crippen LogP contribution in [-0.2, 0) is 4.74 Å². The third kappa shape index (κ3) is 4.04. The maximum Gasteiger partial charge on any atom is 0.246 e. The summed E-state index contributed by atoms with van der Waals surface area (Å²) in [6, 6.07) is 0. The molecular weight excluding hydrogens is 194 g/mol. The van der Waals surface area contributed by atoms with Crippen molar-refractivity contribution in [3.05, 3.63) is 25.0 Å². The first-order valence-electron chi connectivity index (χ1n) is 2.48. The average molecular weight is 201 g/mol. The number of ether oxygens (including phenoxy) is 1. The Balaban J connectivity index is 3.74. The van der Waals surface area contributed by atoms with E-state index >= 15 is 0 Å². The lowest BCUT2D eigenvalue weighted by Gasteiger charge is -2.13. The van der Waals surface area contributed by atoms with Gasteiger partial charge in [-0.25, -0.2) is 0 Å². The van der Waals surface area contributed by atoms with Crippen LogP contribution >= 0.6 is 34.8 Å². The van der Waals surface area contributed by atoms with Gasteiger partial charge in [0.25, 0.3) is 0 Å². The van der Waals surface area contributed by atoms with Crippen LogP contribution in [0.5, 0.6) is 0 Å². The van der Waals surface area contributed by atoms with Crippen molar-refractivity contribution in [3.8, 4) is 0 Å². The fourth-order valence-corrected chi connectivity index (χ4v) is 0.405. The van der Waals surface area contributed by atoms with Crippen LogP contribution in [0.15, 0.2) is 25.0 Å². The number of allylic oxidation sites excluding steroid dienone is 1. The quantitative estimate of drug-likeness (QED) is 0.387. The fourth-order valence-electron chi connectivity index (χ4n) is 0.241. The summed E-state index contributed by atoms with van der Waals surface area (Å²) >= 11 is 16.2. The van der Waals surface area contributed by atoms with Gasteiger partial charge in [0, 0.05) is 0 Å². The van der Waals surface area contributed by atoms with E-state index in [4.69, 9.17) is 39.5 Å². The van der Waals surface area contributed by atoms with Gasteiger partial charge in [0.2, 0.25) is 3.79 Å². The molecule has 0 saturated heterocycles. The van der Waals surface area contributed by atoms with Gasteiger partial charge in [0.1, 0.15) is 12.4 Å². The Bertz CT molecular complexity index is 136. The summed E-state index contributed by atoms with van der Waals surface area (Å²) < 4.78 is 3.31. The zero-order valence-electron chi connectivity index (χ0n) is 5.24. The molecule has 0 bridgehead atoms. The van der Waals surface area contributed by atoms with E-state index in [1.807, 2.05) is 0 Å². The van der Waals surface area contributed by atoms with Crippen LogP contribution in [0.25, 0.3) is 0 Å². The fraction of sp³-hybridized carbons (Fsp3) is 0.333. The topological polar surface area (TPSA) is 9.23 Å². The number of alkyl halides is 3. The summed E-state index contributed by atoms with van der Waals surface area (Å²) in [5.74, 6) is 0.109. The Morgan fingerprint density at radius 2 is 2.00 bits per heavy atom. The van der Waals surface area contributed by atoms with E-state index in [2.05, 4.69) is 13.2 Å². The van der Waals surface area contributed by atoms with Crippen molar-refractivity contribution in [3.63, 3.8) is 0 Å². The molecular formula is C6H7Cl3O. The Kier molecular flexibility index (Phi) is 4.18. The van der Waals surface area contributed by atoms with Crippen LogP contribution in [0.4, 0.5) is 0 Å². The second-order valence-corrected chi connectivity index (χ2v) is 3.80. The van der Waals surface area contributed by atoms with Crippen LogP contribution in [0.1, 0.15) is 0 Å². The lowest BCUT2D eigenvalue weighted by Crippen LogP contribution is -2.09. The van der Waals surface area contributed by atoms with E-state index in [0.717, 1.165) is 0 Å². The highest BCUT2D eigenvalue weighted by atomic mass is 35.6. The van der Waals surface area contributed by atoms with Gasteiger partial charge in [-0.05, 0) is 0 Å². The van der Waals surface area contributed by atoms with E-state index in [1.54, 1.807) is 6.08 Å². The van der Waals surface area contributed by atoms with E-state index in [9.17, 15) is 0 Å². The molecule has 0 spiro atoms. The van der Waals surface area contributed by atoms with Gasteiger partial charge < -0.3 is 4.74 Å². The highest BCUT2D eigenvalue weighted by Gasteiger charge is 2.25. The van der Waals surface area contributed by atoms with Gasteiger partial charge in [0.15, 0.2) is 0 Å². The lowest BCUT2D eigenvalue weighted by atomic mass is 10.6. The maximum atomic E-state index is 5.39. The Morgan fingerprint density at radius 1 is 1.50 bits per heavy atom. The van der Waals surface area contributed by atoms with E-state index < -0.39 is 3.79 Å². The highest BCUT2D eigenvalue weighted by molar-refractivity contribution is 6.69. The molecule has 0 fully saturated rings. The summed E-state index contributed by atoms with van der Waals surface area (Å²) in [5.41, 5.74) is 0. The van der Waals surface area contributed by atoms with Crippen molar-refractivity contribution in [1.29, 1.82) is 0 Å². The zero-order valence-corrected chi connectivity index (χ0v) is 7.51. The number of halogens is 3. The third-order valence-corrected chi connectivity index (χ3v) is 1.32. The molecule has 1 nitrogen and oxygen atoms in total. The molecule has 4 heteroatoms. The monoisotopic (exact) mass is 200 g/mol. The molecule has 0 aliphatic carbocycles. The summed E-state index contributed by atoms with van der Waals surface area (Å²) in [6.45, 7) is 7.12. The third-order valence-electron chi connectivity index (χ3n) is 0.692. The Morgan fingerprint density at radius 3 is 2.30 bits per heavy atom. The minimum Gasteiger partial charge on any atom is -0.490 e. The summed E-state index contributed by atoms with van der Waals surface area (Å²) in [6.07, 6.45) is 1.54. The van der Waals surface area contributed by atoms with Crippen molar-refractivity contribution in [2.75, 3.05) is 6.61 Å². The van der Waals surface area contributed by atoms with Crippen LogP contribution in [0.2, 0.25) is 0 Å². The predicted octanol–water partition coefficient (Wildman–Crippen LogP) is 3.07. The molecule has 0 saturated carbocycles. The summed E-state index contributed by atoms with van der Waals surface area (Å²) in [5, 5.41) is 0. The second-order valence-electron chi connectivity index (χ2n) is 1.52. The molecule has 0 amide bonds. The highest BCUT2D eigenvalue weighted by Crippen LogP contribution is 2.33. The molecule has 0 N–H and O–H groups in total. The minimum atomic E-state index is -1.54. The zero-order chi connectivity index (χ0) is 8.20. The average Bonchev–Trinajstić information content (AvgIpc) is 1.80. The molecule has 10 heavy (non-hydrogen) atoms. The van der Waals surface area contributed by atoms with E-state index in [1.165, 1.54) is 0 Å². The molecule has 0 atom stereocenters. The smallest absolute Gasteiger partial charge is 0.246 e. The molecule has 0 heterocycles.